The quantitative estimate of drug-likeness (QED) is 0.803. The Morgan fingerprint density at radius 2 is 2.16 bits per heavy atom. The molecule has 1 aliphatic rings. The summed E-state index contributed by atoms with van der Waals surface area (Å²) >= 11 is 0. The van der Waals surface area contributed by atoms with Crippen LogP contribution in [0.4, 0.5) is 0 Å². The zero-order chi connectivity index (χ0) is 13.8. The van der Waals surface area contributed by atoms with Gasteiger partial charge in [-0.15, -0.1) is 0 Å². The Labute approximate surface area is 111 Å². The van der Waals surface area contributed by atoms with E-state index in [9.17, 15) is 4.79 Å². The lowest BCUT2D eigenvalue weighted by Crippen LogP contribution is -2.26. The zero-order valence-corrected chi connectivity index (χ0v) is 10.7. The van der Waals surface area contributed by atoms with Crippen LogP contribution in [0.25, 0.3) is 0 Å². The maximum atomic E-state index is 11.0. The molecule has 0 aliphatic carbocycles. The Bertz CT molecular complexity index is 474. The average Bonchev–Trinajstić information content (AvgIpc) is 2.82. The molecule has 2 rings (SSSR count). The second-order valence-corrected chi connectivity index (χ2v) is 4.20. The molecule has 1 aromatic rings. The molecule has 1 aromatic carbocycles. The van der Waals surface area contributed by atoms with Gasteiger partial charge in [0.15, 0.2) is 17.6 Å². The van der Waals surface area contributed by atoms with E-state index in [0.717, 1.165) is 5.56 Å². The fraction of sp³-hybridized carbons (Fsp3) is 0.462. The predicted octanol–water partition coefficient (Wildman–Crippen LogP) is 1.16. The lowest BCUT2D eigenvalue weighted by molar-refractivity contribution is -0.145. The largest absolute Gasteiger partial charge is 0.479 e. The first-order valence-electron chi connectivity index (χ1n) is 6.17. The Hall–Kier alpha value is -1.95. The highest BCUT2D eigenvalue weighted by Crippen LogP contribution is 2.38. The number of carboxylic acid groups (broad SMARTS) is 1. The van der Waals surface area contributed by atoms with Crippen LogP contribution in [0.1, 0.15) is 18.9 Å². The van der Waals surface area contributed by atoms with Gasteiger partial charge < -0.3 is 25.1 Å². The average molecular weight is 267 g/mol. The van der Waals surface area contributed by atoms with Gasteiger partial charge in [-0.25, -0.2) is 4.79 Å². The number of ether oxygens (including phenoxy) is 3. The van der Waals surface area contributed by atoms with Crippen LogP contribution in [0, 0.1) is 0 Å². The second-order valence-electron chi connectivity index (χ2n) is 4.20. The molecule has 1 unspecified atom stereocenters. The first kappa shape index (κ1) is 13.5. The first-order valence-corrected chi connectivity index (χ1v) is 6.17. The molecule has 104 valence electrons. The van der Waals surface area contributed by atoms with Gasteiger partial charge in [-0.2, -0.15) is 0 Å². The van der Waals surface area contributed by atoms with Crippen LogP contribution in [0.3, 0.4) is 0 Å². The summed E-state index contributed by atoms with van der Waals surface area (Å²) in [7, 11) is 0. The molecule has 0 radical (unpaired) electrons. The number of hydrogen-bond acceptors (Lipinski definition) is 5. The summed E-state index contributed by atoms with van der Waals surface area (Å²) in [6.45, 7) is 2.37. The Balaban J connectivity index is 2.29. The van der Waals surface area contributed by atoms with E-state index in [4.69, 9.17) is 25.1 Å². The number of aliphatic carboxylic acids is 1. The number of nitrogens with two attached hydrogens (primary N) is 1. The fourth-order valence-electron chi connectivity index (χ4n) is 1.89. The van der Waals surface area contributed by atoms with Crippen LogP contribution in [0.2, 0.25) is 0 Å². The molecule has 6 heteroatoms. The van der Waals surface area contributed by atoms with Gasteiger partial charge in [0.1, 0.15) is 5.75 Å². The van der Waals surface area contributed by atoms with Crippen molar-refractivity contribution in [2.75, 3.05) is 13.3 Å². The molecule has 0 aromatic heterocycles. The highest BCUT2D eigenvalue weighted by Gasteiger charge is 2.22. The van der Waals surface area contributed by atoms with Crippen LogP contribution in [-0.4, -0.2) is 30.5 Å². The number of carbonyl (C=O) groups is 1. The van der Waals surface area contributed by atoms with E-state index < -0.39 is 12.1 Å². The molecular formula is C13H17NO5. The van der Waals surface area contributed by atoms with Crippen molar-refractivity contribution in [1.82, 2.24) is 0 Å². The van der Waals surface area contributed by atoms with Gasteiger partial charge in [-0.1, -0.05) is 6.92 Å². The van der Waals surface area contributed by atoms with Crippen LogP contribution in [0.15, 0.2) is 12.1 Å². The third-order valence-electron chi connectivity index (χ3n) is 2.88. The molecule has 6 nitrogen and oxygen atoms in total. The minimum Gasteiger partial charge on any atom is -0.479 e. The first-order chi connectivity index (χ1) is 9.15. The number of fused-ring (bicyclic) bond motifs is 1. The molecule has 0 spiro atoms. The zero-order valence-electron chi connectivity index (χ0n) is 10.7. The lowest BCUT2D eigenvalue weighted by atomic mass is 10.1. The summed E-state index contributed by atoms with van der Waals surface area (Å²) in [6.07, 6.45) is 0.0883. The van der Waals surface area contributed by atoms with Gasteiger partial charge in [-0.05, 0) is 31.0 Å². The van der Waals surface area contributed by atoms with Crippen molar-refractivity contribution in [2.24, 2.45) is 5.73 Å². The van der Waals surface area contributed by atoms with Gasteiger partial charge in [-0.3, -0.25) is 0 Å². The molecular weight excluding hydrogens is 250 g/mol. The molecule has 1 atom stereocenters. The summed E-state index contributed by atoms with van der Waals surface area (Å²) < 4.78 is 16.1. The lowest BCUT2D eigenvalue weighted by Gasteiger charge is -2.16. The standard InChI is InChI=1S/C13H17NO5/c1-2-9(13(15)16)19-10-6-12-11(17-7-18-12)5-8(10)3-4-14/h5-6,9H,2-4,7,14H2,1H3,(H,15,16). The van der Waals surface area contributed by atoms with E-state index in [1.54, 1.807) is 19.1 Å². The van der Waals surface area contributed by atoms with E-state index in [1.807, 2.05) is 0 Å². The third-order valence-corrected chi connectivity index (χ3v) is 2.88. The molecule has 3 N–H and O–H groups in total. The van der Waals surface area contributed by atoms with E-state index in [0.29, 0.717) is 36.6 Å². The summed E-state index contributed by atoms with van der Waals surface area (Å²) in [5.41, 5.74) is 6.38. The normalized spacial score (nSPS) is 14.2. The van der Waals surface area contributed by atoms with Gasteiger partial charge in [0.25, 0.3) is 0 Å². The molecule has 0 saturated heterocycles. The van der Waals surface area contributed by atoms with Crippen LogP contribution < -0.4 is 19.9 Å². The highest BCUT2D eigenvalue weighted by atomic mass is 16.7. The van der Waals surface area contributed by atoms with Gasteiger partial charge >= 0.3 is 5.97 Å². The van der Waals surface area contributed by atoms with Crippen LogP contribution in [-0.2, 0) is 11.2 Å². The number of rotatable bonds is 6. The van der Waals surface area contributed by atoms with Crippen molar-refractivity contribution >= 4 is 5.97 Å². The summed E-state index contributed by atoms with van der Waals surface area (Å²) in [5.74, 6) is 0.706. The van der Waals surface area contributed by atoms with Gasteiger partial charge in [0.05, 0.1) is 0 Å². The second kappa shape index (κ2) is 5.79. The van der Waals surface area contributed by atoms with Crippen molar-refractivity contribution in [3.05, 3.63) is 17.7 Å². The Kier molecular flexibility index (Phi) is 4.11. The van der Waals surface area contributed by atoms with E-state index >= 15 is 0 Å². The topological polar surface area (TPSA) is 91.0 Å². The number of benzene rings is 1. The predicted molar refractivity (Wildman–Crippen MR) is 67.7 cm³/mol. The van der Waals surface area contributed by atoms with Crippen molar-refractivity contribution in [2.45, 2.75) is 25.9 Å². The SMILES string of the molecule is CCC(Oc1cc2c(cc1CCN)OCO2)C(=O)O. The summed E-state index contributed by atoms with van der Waals surface area (Å²) in [5, 5.41) is 9.04. The smallest absolute Gasteiger partial charge is 0.344 e. The molecule has 1 heterocycles. The van der Waals surface area contributed by atoms with Gasteiger partial charge in [0.2, 0.25) is 6.79 Å². The van der Waals surface area contributed by atoms with Crippen molar-refractivity contribution in [3.63, 3.8) is 0 Å². The monoisotopic (exact) mass is 267 g/mol. The van der Waals surface area contributed by atoms with Crippen molar-refractivity contribution in [3.8, 4) is 17.2 Å². The molecule has 0 fully saturated rings. The van der Waals surface area contributed by atoms with E-state index in [2.05, 4.69) is 0 Å². The third kappa shape index (κ3) is 2.90. The van der Waals surface area contributed by atoms with Crippen LogP contribution in [0.5, 0.6) is 17.2 Å². The molecule has 0 saturated carbocycles. The van der Waals surface area contributed by atoms with Gasteiger partial charge in [0, 0.05) is 6.07 Å². The van der Waals surface area contributed by atoms with E-state index in [-0.39, 0.29) is 6.79 Å². The van der Waals surface area contributed by atoms with Crippen molar-refractivity contribution < 1.29 is 24.1 Å². The summed E-state index contributed by atoms with van der Waals surface area (Å²) in [4.78, 5) is 11.0. The summed E-state index contributed by atoms with van der Waals surface area (Å²) in [6, 6.07) is 3.46. The maximum absolute atomic E-state index is 11.0. The molecule has 19 heavy (non-hydrogen) atoms. The van der Waals surface area contributed by atoms with Crippen LogP contribution >= 0.6 is 0 Å². The highest BCUT2D eigenvalue weighted by molar-refractivity contribution is 5.72. The molecule has 1 aliphatic heterocycles. The Morgan fingerprint density at radius 1 is 1.47 bits per heavy atom. The maximum Gasteiger partial charge on any atom is 0.344 e. The molecule has 0 bridgehead atoms. The number of carboxylic acids is 1. The minimum absolute atomic E-state index is 0.164. The number of hydrogen-bond donors (Lipinski definition) is 2. The Morgan fingerprint density at radius 3 is 2.74 bits per heavy atom. The fourth-order valence-corrected chi connectivity index (χ4v) is 1.89. The minimum atomic E-state index is -0.987. The molecule has 0 amide bonds. The van der Waals surface area contributed by atoms with Crippen molar-refractivity contribution in [1.29, 1.82) is 0 Å². The van der Waals surface area contributed by atoms with E-state index in [1.165, 1.54) is 0 Å².